The molecule has 0 aliphatic rings. The van der Waals surface area contributed by atoms with E-state index in [-0.39, 0.29) is 10.7 Å². The number of alkyl halides is 3. The number of rotatable bonds is 1. The van der Waals surface area contributed by atoms with E-state index in [0.717, 1.165) is 12.3 Å². The Morgan fingerprint density at radius 1 is 1.44 bits per heavy atom. The fourth-order valence-corrected chi connectivity index (χ4v) is 2.14. The Labute approximate surface area is 106 Å². The van der Waals surface area contributed by atoms with Crippen molar-refractivity contribution < 1.29 is 18.3 Å². The number of aromatic nitrogens is 2. The summed E-state index contributed by atoms with van der Waals surface area (Å²) >= 11 is 5.79. The lowest BCUT2D eigenvalue weighted by Crippen LogP contribution is -2.08. The van der Waals surface area contributed by atoms with Crippen LogP contribution in [0.4, 0.5) is 13.2 Å². The number of pyridine rings is 1. The van der Waals surface area contributed by atoms with Gasteiger partial charge in [0.2, 0.25) is 0 Å². The first-order chi connectivity index (χ1) is 8.21. The molecule has 0 amide bonds. The molecule has 0 fully saturated rings. The zero-order valence-electron chi connectivity index (χ0n) is 9.59. The van der Waals surface area contributed by atoms with Gasteiger partial charge in [-0.15, -0.1) is 0 Å². The SMILES string of the molecule is Cc1nc2c(Cl)cc(C(F)(F)F)cn2c1C(C)O. The van der Waals surface area contributed by atoms with Crippen molar-refractivity contribution in [3.8, 4) is 0 Å². The monoisotopic (exact) mass is 278 g/mol. The predicted octanol–water partition coefficient (Wildman–Crippen LogP) is 3.37. The van der Waals surface area contributed by atoms with Crippen molar-refractivity contribution in [3.05, 3.63) is 34.2 Å². The molecule has 0 aromatic carbocycles. The first-order valence-corrected chi connectivity index (χ1v) is 5.53. The van der Waals surface area contributed by atoms with Crippen molar-refractivity contribution in [2.75, 3.05) is 0 Å². The Morgan fingerprint density at radius 2 is 2.06 bits per heavy atom. The largest absolute Gasteiger partial charge is 0.417 e. The minimum Gasteiger partial charge on any atom is -0.387 e. The van der Waals surface area contributed by atoms with Gasteiger partial charge in [0.15, 0.2) is 5.65 Å². The topological polar surface area (TPSA) is 37.5 Å². The summed E-state index contributed by atoms with van der Waals surface area (Å²) < 4.78 is 39.2. The van der Waals surface area contributed by atoms with Crippen molar-refractivity contribution in [1.29, 1.82) is 0 Å². The number of hydrogen-bond acceptors (Lipinski definition) is 2. The smallest absolute Gasteiger partial charge is 0.387 e. The molecule has 2 rings (SSSR count). The van der Waals surface area contributed by atoms with Gasteiger partial charge in [-0.2, -0.15) is 13.2 Å². The van der Waals surface area contributed by atoms with Crippen LogP contribution in [0.15, 0.2) is 12.3 Å². The van der Waals surface area contributed by atoms with Crippen LogP contribution in [0.5, 0.6) is 0 Å². The number of aliphatic hydroxyl groups excluding tert-OH is 1. The molecule has 98 valence electrons. The van der Waals surface area contributed by atoms with Crippen LogP contribution in [0.25, 0.3) is 5.65 Å². The number of aliphatic hydroxyl groups is 1. The van der Waals surface area contributed by atoms with Crippen molar-refractivity contribution in [2.24, 2.45) is 0 Å². The van der Waals surface area contributed by atoms with E-state index >= 15 is 0 Å². The van der Waals surface area contributed by atoms with Crippen LogP contribution in [-0.2, 0) is 6.18 Å². The molecule has 1 N–H and O–H groups in total. The van der Waals surface area contributed by atoms with Gasteiger partial charge >= 0.3 is 6.18 Å². The summed E-state index contributed by atoms with van der Waals surface area (Å²) in [6, 6.07) is 0.829. The van der Waals surface area contributed by atoms with Gasteiger partial charge in [0.1, 0.15) is 0 Å². The molecule has 18 heavy (non-hydrogen) atoms. The minimum absolute atomic E-state index is 0.0974. The highest BCUT2D eigenvalue weighted by Gasteiger charge is 2.32. The fraction of sp³-hybridized carbons (Fsp3) is 0.364. The van der Waals surface area contributed by atoms with Crippen molar-refractivity contribution in [2.45, 2.75) is 26.1 Å². The number of imidazole rings is 1. The van der Waals surface area contributed by atoms with E-state index in [1.807, 2.05) is 0 Å². The Morgan fingerprint density at radius 3 is 2.56 bits per heavy atom. The first kappa shape index (κ1) is 13.2. The molecule has 0 aliphatic carbocycles. The van der Waals surface area contributed by atoms with Crippen molar-refractivity contribution in [1.82, 2.24) is 9.38 Å². The Hall–Kier alpha value is -1.27. The molecule has 2 heterocycles. The summed E-state index contributed by atoms with van der Waals surface area (Å²) in [4.78, 5) is 4.06. The minimum atomic E-state index is -4.49. The highest BCUT2D eigenvalue weighted by atomic mass is 35.5. The fourth-order valence-electron chi connectivity index (χ4n) is 1.89. The maximum atomic E-state index is 12.7. The molecule has 0 saturated carbocycles. The molecule has 3 nitrogen and oxygen atoms in total. The van der Waals surface area contributed by atoms with E-state index in [9.17, 15) is 18.3 Å². The Balaban J connectivity index is 2.81. The van der Waals surface area contributed by atoms with E-state index in [0.29, 0.717) is 11.4 Å². The van der Waals surface area contributed by atoms with Gasteiger partial charge in [0.05, 0.1) is 28.1 Å². The van der Waals surface area contributed by atoms with Crippen LogP contribution < -0.4 is 0 Å². The molecule has 2 aromatic heterocycles. The standard InChI is InChI=1S/C11H10ClF3N2O/c1-5-9(6(2)18)17-4-7(11(13,14)15)3-8(12)10(17)16-5/h3-4,6,18H,1-2H3. The third-order valence-electron chi connectivity index (χ3n) is 2.62. The third kappa shape index (κ3) is 2.06. The molecule has 0 saturated heterocycles. The summed E-state index contributed by atoms with van der Waals surface area (Å²) in [7, 11) is 0. The van der Waals surface area contributed by atoms with E-state index < -0.39 is 17.8 Å². The average Bonchev–Trinajstić information content (AvgIpc) is 2.53. The number of halogens is 4. The summed E-state index contributed by atoms with van der Waals surface area (Å²) in [5.41, 5.74) is 0.0848. The lowest BCUT2D eigenvalue weighted by molar-refractivity contribution is -0.137. The summed E-state index contributed by atoms with van der Waals surface area (Å²) in [6.07, 6.45) is -4.53. The normalized spacial score (nSPS) is 14.2. The van der Waals surface area contributed by atoms with E-state index in [2.05, 4.69) is 4.98 Å². The van der Waals surface area contributed by atoms with Crippen molar-refractivity contribution in [3.63, 3.8) is 0 Å². The summed E-state index contributed by atoms with van der Waals surface area (Å²) in [5, 5.41) is 9.49. The van der Waals surface area contributed by atoms with Gasteiger partial charge in [-0.3, -0.25) is 4.40 Å². The Bertz CT molecular complexity index is 604. The number of hydrogen-bond donors (Lipinski definition) is 1. The van der Waals surface area contributed by atoms with E-state index in [1.54, 1.807) is 6.92 Å². The first-order valence-electron chi connectivity index (χ1n) is 5.15. The van der Waals surface area contributed by atoms with Crippen molar-refractivity contribution >= 4 is 17.2 Å². The summed E-state index contributed by atoms with van der Waals surface area (Å²) in [5.74, 6) is 0. The molecule has 0 aliphatic heterocycles. The highest BCUT2D eigenvalue weighted by Crippen LogP contribution is 2.33. The lowest BCUT2D eigenvalue weighted by atomic mass is 10.2. The van der Waals surface area contributed by atoms with Gasteiger partial charge in [-0.1, -0.05) is 11.6 Å². The molecular weight excluding hydrogens is 269 g/mol. The van der Waals surface area contributed by atoms with Gasteiger partial charge in [0, 0.05) is 6.20 Å². The number of nitrogens with zero attached hydrogens (tertiary/aromatic N) is 2. The van der Waals surface area contributed by atoms with Gasteiger partial charge < -0.3 is 5.11 Å². The predicted molar refractivity (Wildman–Crippen MR) is 60.6 cm³/mol. The van der Waals surface area contributed by atoms with Crippen LogP contribution in [0.3, 0.4) is 0 Å². The molecule has 2 aromatic rings. The second-order valence-corrected chi connectivity index (χ2v) is 4.43. The van der Waals surface area contributed by atoms with Crippen LogP contribution >= 0.6 is 11.6 Å². The van der Waals surface area contributed by atoms with E-state index in [4.69, 9.17) is 11.6 Å². The number of aryl methyl sites for hydroxylation is 1. The van der Waals surface area contributed by atoms with Crippen LogP contribution in [0, 0.1) is 6.92 Å². The maximum Gasteiger partial charge on any atom is 0.417 e. The molecule has 1 unspecified atom stereocenters. The molecule has 0 radical (unpaired) electrons. The second-order valence-electron chi connectivity index (χ2n) is 4.03. The zero-order chi connectivity index (χ0) is 13.7. The molecular formula is C11H10ClF3N2O. The van der Waals surface area contributed by atoms with Gasteiger partial charge in [0.25, 0.3) is 0 Å². The maximum absolute atomic E-state index is 12.7. The van der Waals surface area contributed by atoms with Crippen LogP contribution in [0.1, 0.15) is 30.0 Å². The van der Waals surface area contributed by atoms with Gasteiger partial charge in [-0.25, -0.2) is 4.98 Å². The molecule has 7 heteroatoms. The quantitative estimate of drug-likeness (QED) is 0.868. The number of fused-ring (bicyclic) bond motifs is 1. The second kappa shape index (κ2) is 4.13. The average molecular weight is 279 g/mol. The lowest BCUT2D eigenvalue weighted by Gasteiger charge is -2.11. The van der Waals surface area contributed by atoms with Gasteiger partial charge in [-0.05, 0) is 19.9 Å². The van der Waals surface area contributed by atoms with Crippen LogP contribution in [-0.4, -0.2) is 14.5 Å². The van der Waals surface area contributed by atoms with Crippen LogP contribution in [0.2, 0.25) is 5.02 Å². The summed E-state index contributed by atoms with van der Waals surface area (Å²) in [6.45, 7) is 3.07. The highest BCUT2D eigenvalue weighted by molar-refractivity contribution is 6.33. The Kier molecular flexibility index (Phi) is 3.03. The molecule has 0 spiro atoms. The zero-order valence-corrected chi connectivity index (χ0v) is 10.3. The van der Waals surface area contributed by atoms with E-state index in [1.165, 1.54) is 11.3 Å². The third-order valence-corrected chi connectivity index (χ3v) is 2.90. The molecule has 1 atom stereocenters. The molecule has 0 bridgehead atoms.